The lowest BCUT2D eigenvalue weighted by atomic mass is 9.99. The number of alkyl halides is 6. The second-order valence-electron chi connectivity index (χ2n) is 12.3. The molecule has 1 amide bonds. The first kappa shape index (κ1) is 43.3. The Balaban J connectivity index is 0.000000440. The number of carboxylic acids is 2. The fourth-order valence-corrected chi connectivity index (χ4v) is 5.72. The molecule has 2 aromatic heterocycles. The monoisotopic (exact) mass is 806 g/mol. The summed E-state index contributed by atoms with van der Waals surface area (Å²) in [5.41, 5.74) is 10.2. The first-order chi connectivity index (χ1) is 26.8. The van der Waals surface area contributed by atoms with Crippen LogP contribution in [0.5, 0.6) is 5.75 Å². The Bertz CT molecular complexity index is 2180. The molecule has 12 nitrogen and oxygen atoms in total. The van der Waals surface area contributed by atoms with Crippen LogP contribution in [0.3, 0.4) is 0 Å². The number of nitrogens with zero attached hydrogens (tertiary/aromatic N) is 3. The maximum atomic E-state index is 16.1. The smallest absolute Gasteiger partial charge is 0.490 e. The predicted octanol–water partition coefficient (Wildman–Crippen LogP) is 8.01. The summed E-state index contributed by atoms with van der Waals surface area (Å²) in [4.78, 5) is 45.4. The Hall–Kier alpha value is -6.40. The third kappa shape index (κ3) is 11.1. The summed E-state index contributed by atoms with van der Waals surface area (Å²) in [7, 11) is 0. The van der Waals surface area contributed by atoms with Gasteiger partial charge >= 0.3 is 24.3 Å². The molecule has 0 saturated carbocycles. The number of anilines is 2. The number of hydrogen-bond acceptors (Lipinski definition) is 8. The van der Waals surface area contributed by atoms with E-state index in [1.165, 1.54) is 0 Å². The van der Waals surface area contributed by atoms with Gasteiger partial charge in [0.25, 0.3) is 5.91 Å². The molecule has 1 aliphatic heterocycles. The highest BCUT2D eigenvalue weighted by Crippen LogP contribution is 2.35. The molecule has 304 valence electrons. The van der Waals surface area contributed by atoms with Crippen LogP contribution >= 0.6 is 0 Å². The first-order valence-corrected chi connectivity index (χ1v) is 17.2. The molecular formula is C38H37F7N6O6. The van der Waals surface area contributed by atoms with Crippen molar-refractivity contribution in [2.45, 2.75) is 51.5 Å². The van der Waals surface area contributed by atoms with Gasteiger partial charge in [-0.3, -0.25) is 4.79 Å². The lowest BCUT2D eigenvalue weighted by molar-refractivity contribution is -0.193. The molecule has 1 atom stereocenters. The van der Waals surface area contributed by atoms with Crippen molar-refractivity contribution >= 4 is 40.1 Å². The number of aromatic nitrogens is 3. The van der Waals surface area contributed by atoms with Gasteiger partial charge in [-0.25, -0.2) is 23.9 Å². The Morgan fingerprint density at radius 3 is 2.16 bits per heavy atom. The number of aryl methyl sites for hydroxylation is 1. The standard InChI is InChI=1S/C34H35FN6O2.2C2HF3O2/c1-3-21-17-27(30(35)29(18-21)43-4-2)31(39-23-11-12-24-22(19-23)13-14-37-32(24)36)33-38-20-28(40-33)25-9-5-6-10-26(25)34(42)41-15-7-8-16-41;2*3-2(4,5)1(6)7/h5-6,9-14,17-20,31,39H,3-4,7-8,15-16H2,1-2H3,(H2,36,37)(H,38,40);2*(H,6,7). The summed E-state index contributed by atoms with van der Waals surface area (Å²) in [5.74, 6) is -4.81. The van der Waals surface area contributed by atoms with Crippen LogP contribution in [0.15, 0.2) is 73.1 Å². The molecule has 0 radical (unpaired) electrons. The Morgan fingerprint density at radius 1 is 0.930 bits per heavy atom. The summed E-state index contributed by atoms with van der Waals surface area (Å²) in [6, 6.07) is 18.1. The van der Waals surface area contributed by atoms with Gasteiger partial charge in [-0.1, -0.05) is 31.2 Å². The highest BCUT2D eigenvalue weighted by molar-refractivity contribution is 6.00. The molecule has 1 fully saturated rings. The number of carbonyl (C=O) groups excluding carboxylic acids is 1. The van der Waals surface area contributed by atoms with Crippen molar-refractivity contribution in [2.75, 3.05) is 30.7 Å². The van der Waals surface area contributed by atoms with Crippen molar-refractivity contribution in [2.24, 2.45) is 0 Å². The average molecular weight is 807 g/mol. The predicted molar refractivity (Wildman–Crippen MR) is 195 cm³/mol. The second kappa shape index (κ2) is 18.5. The number of imidazole rings is 1. The van der Waals surface area contributed by atoms with E-state index in [1.807, 2.05) is 73.3 Å². The molecule has 3 aromatic carbocycles. The summed E-state index contributed by atoms with van der Waals surface area (Å²) in [5, 5.41) is 19.5. The molecule has 19 heteroatoms. The number of amides is 1. The van der Waals surface area contributed by atoms with E-state index in [9.17, 15) is 31.1 Å². The lowest BCUT2D eigenvalue weighted by Crippen LogP contribution is -2.28. The van der Waals surface area contributed by atoms with Gasteiger partial charge in [0.15, 0.2) is 11.6 Å². The van der Waals surface area contributed by atoms with Crippen LogP contribution < -0.4 is 15.8 Å². The van der Waals surface area contributed by atoms with Gasteiger partial charge in [-0.15, -0.1) is 0 Å². The molecule has 1 unspecified atom stereocenters. The number of likely N-dealkylation sites (tertiary alicyclic amines) is 1. The molecule has 0 aliphatic carbocycles. The number of nitrogens with two attached hydrogens (primary N) is 1. The minimum atomic E-state index is -5.08. The van der Waals surface area contributed by atoms with E-state index in [0.29, 0.717) is 41.5 Å². The Kier molecular flexibility index (Phi) is 14.1. The van der Waals surface area contributed by atoms with E-state index in [2.05, 4.69) is 15.3 Å². The minimum absolute atomic E-state index is 0.00639. The number of rotatable bonds is 9. The third-order valence-corrected chi connectivity index (χ3v) is 8.45. The van der Waals surface area contributed by atoms with Crippen molar-refractivity contribution in [1.82, 2.24) is 19.9 Å². The number of benzene rings is 3. The zero-order chi connectivity index (χ0) is 42.1. The van der Waals surface area contributed by atoms with Crippen molar-refractivity contribution < 1.29 is 60.1 Å². The van der Waals surface area contributed by atoms with E-state index >= 15 is 4.39 Å². The van der Waals surface area contributed by atoms with E-state index in [0.717, 1.165) is 53.5 Å². The van der Waals surface area contributed by atoms with E-state index in [1.54, 1.807) is 18.5 Å². The average Bonchev–Trinajstić information content (AvgIpc) is 3.88. The molecule has 3 heterocycles. The maximum absolute atomic E-state index is 16.1. The van der Waals surface area contributed by atoms with Crippen LogP contribution in [-0.4, -0.2) is 80.0 Å². The summed E-state index contributed by atoms with van der Waals surface area (Å²) in [6.07, 6.45) is -4.06. The van der Waals surface area contributed by atoms with Gasteiger partial charge in [0.2, 0.25) is 0 Å². The fraction of sp³-hybridized carbons (Fsp3) is 0.289. The molecule has 1 aliphatic rings. The first-order valence-electron chi connectivity index (χ1n) is 17.2. The highest BCUT2D eigenvalue weighted by Gasteiger charge is 2.39. The van der Waals surface area contributed by atoms with Crippen molar-refractivity contribution in [3.05, 3.63) is 101 Å². The molecule has 0 bridgehead atoms. The zero-order valence-electron chi connectivity index (χ0n) is 30.3. The molecule has 1 saturated heterocycles. The number of nitrogen functional groups attached to an aromatic ring is 1. The van der Waals surface area contributed by atoms with Gasteiger partial charge in [-0.2, -0.15) is 26.3 Å². The van der Waals surface area contributed by atoms with E-state index in [4.69, 9.17) is 35.3 Å². The zero-order valence-corrected chi connectivity index (χ0v) is 30.3. The third-order valence-electron chi connectivity index (χ3n) is 8.45. The highest BCUT2D eigenvalue weighted by atomic mass is 19.4. The summed E-state index contributed by atoms with van der Waals surface area (Å²) in [6.45, 7) is 5.72. The largest absolute Gasteiger partial charge is 0.491 e. The Morgan fingerprint density at radius 2 is 1.56 bits per heavy atom. The molecule has 5 aromatic rings. The summed E-state index contributed by atoms with van der Waals surface area (Å²) >= 11 is 0. The normalized spacial score (nSPS) is 13.2. The number of nitrogens with one attached hydrogen (secondary N) is 2. The molecule has 6 N–H and O–H groups in total. The second-order valence-corrected chi connectivity index (χ2v) is 12.3. The number of pyridine rings is 1. The van der Waals surface area contributed by atoms with Crippen LogP contribution in [0.4, 0.5) is 42.2 Å². The van der Waals surface area contributed by atoms with Crippen LogP contribution in [0.25, 0.3) is 22.0 Å². The van der Waals surface area contributed by atoms with Gasteiger partial charge in [0, 0.05) is 47.1 Å². The lowest BCUT2D eigenvalue weighted by Gasteiger charge is -2.22. The van der Waals surface area contributed by atoms with E-state index in [-0.39, 0.29) is 11.7 Å². The Labute approximate surface area is 320 Å². The number of hydrogen-bond donors (Lipinski definition) is 5. The van der Waals surface area contributed by atoms with Gasteiger partial charge in [-0.05, 0) is 73.5 Å². The van der Waals surface area contributed by atoms with Crippen molar-refractivity contribution in [3.63, 3.8) is 0 Å². The molecular weight excluding hydrogens is 769 g/mol. The number of carbonyl (C=O) groups is 3. The number of ether oxygens (including phenoxy) is 1. The van der Waals surface area contributed by atoms with E-state index < -0.39 is 36.2 Å². The van der Waals surface area contributed by atoms with Crippen LogP contribution in [0.2, 0.25) is 0 Å². The molecule has 0 spiro atoms. The van der Waals surface area contributed by atoms with Crippen LogP contribution in [0, 0.1) is 5.82 Å². The number of aromatic amines is 1. The molecule has 57 heavy (non-hydrogen) atoms. The SMILES string of the molecule is CCOc1cc(CC)cc(C(Nc2ccc3c(N)nccc3c2)c2ncc(-c3ccccc3C(=O)N3CCCC3)[nH]2)c1F.O=C(O)C(F)(F)F.O=C(O)C(F)(F)F. The van der Waals surface area contributed by atoms with Crippen molar-refractivity contribution in [3.8, 4) is 17.0 Å². The number of halogens is 7. The van der Waals surface area contributed by atoms with Crippen LogP contribution in [0.1, 0.15) is 60.0 Å². The minimum Gasteiger partial charge on any atom is -0.491 e. The van der Waals surface area contributed by atoms with Crippen LogP contribution in [-0.2, 0) is 16.0 Å². The fourth-order valence-electron chi connectivity index (χ4n) is 5.72. The molecule has 6 rings (SSSR count). The topological polar surface area (TPSA) is 184 Å². The quantitative estimate of drug-likeness (QED) is 0.0915. The van der Waals surface area contributed by atoms with Crippen molar-refractivity contribution in [1.29, 1.82) is 0 Å². The van der Waals surface area contributed by atoms with Gasteiger partial charge < -0.3 is 35.9 Å². The van der Waals surface area contributed by atoms with Gasteiger partial charge in [0.1, 0.15) is 17.7 Å². The maximum Gasteiger partial charge on any atom is 0.490 e. The number of fused-ring (bicyclic) bond motifs is 1. The van der Waals surface area contributed by atoms with Gasteiger partial charge in [0.05, 0.1) is 18.5 Å². The number of aliphatic carboxylic acids is 2. The number of carboxylic acid groups (broad SMARTS) is 2. The summed E-state index contributed by atoms with van der Waals surface area (Å²) < 4.78 is 85.3. The number of H-pyrrole nitrogens is 1.